The molecule has 3 N–H and O–H groups in total. The Labute approximate surface area is 172 Å². The number of carbonyl (C=O) groups excluding carboxylic acids is 1. The Kier molecular flexibility index (Phi) is 10.4. The summed E-state index contributed by atoms with van der Waals surface area (Å²) < 4.78 is 0. The van der Waals surface area contributed by atoms with Gasteiger partial charge in [-0.2, -0.15) is 0 Å². The normalized spacial score (nSPS) is 10.7. The molecule has 0 unspecified atom stereocenters. The maximum atomic E-state index is 12.3. The molecule has 0 spiro atoms. The zero-order valence-corrected chi connectivity index (χ0v) is 17.4. The quantitative estimate of drug-likeness (QED) is 0.357. The second-order valence-corrected chi connectivity index (χ2v) is 5.76. The molecule has 0 bridgehead atoms. The van der Waals surface area contributed by atoms with Gasteiger partial charge in [-0.15, -0.1) is 24.0 Å². The van der Waals surface area contributed by atoms with Crippen LogP contribution in [0.1, 0.15) is 18.1 Å². The highest BCUT2D eigenvalue weighted by molar-refractivity contribution is 14.0. The molecule has 2 rings (SSSR count). The van der Waals surface area contributed by atoms with Gasteiger partial charge in [0.2, 0.25) is 5.91 Å². The first kappa shape index (κ1) is 22.0. The zero-order chi connectivity index (χ0) is 17.9. The summed E-state index contributed by atoms with van der Waals surface area (Å²) in [6.45, 7) is 3.95. The molecule has 0 atom stereocenters. The third-order valence-corrected chi connectivity index (χ3v) is 3.90. The lowest BCUT2D eigenvalue weighted by Crippen LogP contribution is -2.36. The third-order valence-electron chi connectivity index (χ3n) is 3.90. The standard InChI is InChI=1S/C20H26N4O.HI/c1-2-24(16-18-11-7-4-8-12-18)19(25)15-23-20(21)22-14-13-17-9-5-3-6-10-17;/h3-12H,2,13-16H2,1H3,(H3,21,22,23);1H. The van der Waals surface area contributed by atoms with E-state index in [1.807, 2.05) is 55.5 Å². The summed E-state index contributed by atoms with van der Waals surface area (Å²) in [7, 11) is 0. The number of likely N-dealkylation sites (N-methyl/N-ethyl adjacent to an activating group) is 1. The maximum absolute atomic E-state index is 12.3. The minimum atomic E-state index is -0.0286. The van der Waals surface area contributed by atoms with E-state index in [4.69, 9.17) is 5.73 Å². The van der Waals surface area contributed by atoms with E-state index in [2.05, 4.69) is 22.4 Å². The number of halogens is 1. The average molecular weight is 466 g/mol. The van der Waals surface area contributed by atoms with Crippen molar-refractivity contribution in [1.82, 2.24) is 10.2 Å². The molecule has 0 aliphatic carbocycles. The van der Waals surface area contributed by atoms with E-state index in [1.165, 1.54) is 5.56 Å². The first-order chi connectivity index (χ1) is 12.2. The Bertz CT molecular complexity index is 677. The minimum Gasteiger partial charge on any atom is -0.370 e. The van der Waals surface area contributed by atoms with Gasteiger partial charge in [0.15, 0.2) is 5.96 Å². The lowest BCUT2D eigenvalue weighted by atomic mass is 10.1. The zero-order valence-electron chi connectivity index (χ0n) is 15.1. The number of rotatable bonds is 8. The van der Waals surface area contributed by atoms with E-state index < -0.39 is 0 Å². The van der Waals surface area contributed by atoms with Gasteiger partial charge in [0.25, 0.3) is 0 Å². The molecule has 0 saturated heterocycles. The van der Waals surface area contributed by atoms with Crippen LogP contribution in [0.3, 0.4) is 0 Å². The SMILES string of the molecule is CCN(Cc1ccccc1)C(=O)CN=C(N)NCCc1ccccc1.I. The number of guanidine groups is 1. The van der Waals surface area contributed by atoms with E-state index in [1.54, 1.807) is 4.90 Å². The molecule has 1 amide bonds. The van der Waals surface area contributed by atoms with Crippen LogP contribution in [0, 0.1) is 0 Å². The van der Waals surface area contributed by atoms with Gasteiger partial charge in [0, 0.05) is 19.6 Å². The van der Waals surface area contributed by atoms with Gasteiger partial charge in [-0.25, -0.2) is 4.99 Å². The highest BCUT2D eigenvalue weighted by atomic mass is 127. The smallest absolute Gasteiger partial charge is 0.244 e. The van der Waals surface area contributed by atoms with Crippen molar-refractivity contribution in [2.45, 2.75) is 19.9 Å². The fourth-order valence-electron chi connectivity index (χ4n) is 2.47. The Morgan fingerprint density at radius 2 is 1.62 bits per heavy atom. The molecule has 0 saturated carbocycles. The van der Waals surface area contributed by atoms with E-state index in [-0.39, 0.29) is 36.4 Å². The summed E-state index contributed by atoms with van der Waals surface area (Å²) in [5, 5.41) is 3.05. The first-order valence-electron chi connectivity index (χ1n) is 8.58. The lowest BCUT2D eigenvalue weighted by molar-refractivity contribution is -0.130. The van der Waals surface area contributed by atoms with Crippen LogP contribution in [0.25, 0.3) is 0 Å². The molecule has 140 valence electrons. The Morgan fingerprint density at radius 1 is 1.04 bits per heavy atom. The van der Waals surface area contributed by atoms with Crippen LogP contribution in [0.15, 0.2) is 65.7 Å². The summed E-state index contributed by atoms with van der Waals surface area (Å²) in [6.07, 6.45) is 0.861. The number of hydrogen-bond acceptors (Lipinski definition) is 2. The Hall–Kier alpha value is -2.09. The number of amides is 1. The predicted molar refractivity (Wildman–Crippen MR) is 118 cm³/mol. The van der Waals surface area contributed by atoms with Crippen LogP contribution < -0.4 is 11.1 Å². The third kappa shape index (κ3) is 7.86. The second-order valence-electron chi connectivity index (χ2n) is 5.76. The number of nitrogens with zero attached hydrogens (tertiary/aromatic N) is 2. The van der Waals surface area contributed by atoms with Crippen molar-refractivity contribution in [3.8, 4) is 0 Å². The minimum absolute atomic E-state index is 0. The molecule has 0 radical (unpaired) electrons. The van der Waals surface area contributed by atoms with E-state index in [0.29, 0.717) is 25.6 Å². The van der Waals surface area contributed by atoms with Crippen molar-refractivity contribution in [2.75, 3.05) is 19.6 Å². The average Bonchev–Trinajstić information content (AvgIpc) is 2.66. The molecular formula is C20H27IN4O. The molecule has 0 heterocycles. The molecule has 0 aromatic heterocycles. The largest absolute Gasteiger partial charge is 0.370 e. The van der Waals surface area contributed by atoms with Crippen molar-refractivity contribution in [3.63, 3.8) is 0 Å². The number of nitrogens with two attached hydrogens (primary N) is 1. The maximum Gasteiger partial charge on any atom is 0.244 e. The predicted octanol–water partition coefficient (Wildman–Crippen LogP) is 2.80. The summed E-state index contributed by atoms with van der Waals surface area (Å²) in [6, 6.07) is 20.1. The number of hydrogen-bond donors (Lipinski definition) is 2. The van der Waals surface area contributed by atoms with Crippen LogP contribution in [-0.4, -0.2) is 36.4 Å². The molecule has 6 heteroatoms. The van der Waals surface area contributed by atoms with Crippen LogP contribution in [-0.2, 0) is 17.8 Å². The molecule has 26 heavy (non-hydrogen) atoms. The summed E-state index contributed by atoms with van der Waals surface area (Å²) in [4.78, 5) is 18.2. The summed E-state index contributed by atoms with van der Waals surface area (Å²) in [5.74, 6) is 0.277. The fourth-order valence-corrected chi connectivity index (χ4v) is 2.47. The Balaban J connectivity index is 0.00000338. The molecule has 0 aliphatic heterocycles. The first-order valence-corrected chi connectivity index (χ1v) is 8.58. The number of benzene rings is 2. The molecule has 0 aliphatic rings. The van der Waals surface area contributed by atoms with Gasteiger partial charge in [0.1, 0.15) is 6.54 Å². The molecule has 5 nitrogen and oxygen atoms in total. The number of aliphatic imine (C=N–C) groups is 1. The van der Waals surface area contributed by atoms with Crippen molar-refractivity contribution in [3.05, 3.63) is 71.8 Å². The highest BCUT2D eigenvalue weighted by Gasteiger charge is 2.11. The van der Waals surface area contributed by atoms with Gasteiger partial charge in [-0.3, -0.25) is 4.79 Å². The van der Waals surface area contributed by atoms with Crippen molar-refractivity contribution in [1.29, 1.82) is 0 Å². The summed E-state index contributed by atoms with van der Waals surface area (Å²) >= 11 is 0. The van der Waals surface area contributed by atoms with Crippen molar-refractivity contribution in [2.24, 2.45) is 10.7 Å². The van der Waals surface area contributed by atoms with Crippen molar-refractivity contribution >= 4 is 35.8 Å². The second kappa shape index (κ2) is 12.3. The summed E-state index contributed by atoms with van der Waals surface area (Å²) in [5.41, 5.74) is 8.19. The van der Waals surface area contributed by atoms with Gasteiger partial charge in [-0.05, 0) is 24.5 Å². The molecule has 2 aromatic carbocycles. The van der Waals surface area contributed by atoms with Gasteiger partial charge >= 0.3 is 0 Å². The van der Waals surface area contributed by atoms with E-state index >= 15 is 0 Å². The van der Waals surface area contributed by atoms with Crippen LogP contribution in [0.4, 0.5) is 0 Å². The topological polar surface area (TPSA) is 70.7 Å². The number of nitrogens with one attached hydrogen (secondary N) is 1. The van der Waals surface area contributed by atoms with Crippen molar-refractivity contribution < 1.29 is 4.79 Å². The monoisotopic (exact) mass is 466 g/mol. The molecular weight excluding hydrogens is 439 g/mol. The fraction of sp³-hybridized carbons (Fsp3) is 0.300. The highest BCUT2D eigenvalue weighted by Crippen LogP contribution is 2.04. The van der Waals surface area contributed by atoms with Gasteiger partial charge < -0.3 is 16.0 Å². The molecule has 2 aromatic rings. The van der Waals surface area contributed by atoms with Gasteiger partial charge in [-0.1, -0.05) is 60.7 Å². The van der Waals surface area contributed by atoms with Crippen LogP contribution in [0.2, 0.25) is 0 Å². The van der Waals surface area contributed by atoms with E-state index in [0.717, 1.165) is 12.0 Å². The van der Waals surface area contributed by atoms with Crippen LogP contribution in [0.5, 0.6) is 0 Å². The lowest BCUT2D eigenvalue weighted by Gasteiger charge is -2.20. The Morgan fingerprint density at radius 3 is 2.19 bits per heavy atom. The van der Waals surface area contributed by atoms with Crippen LogP contribution >= 0.6 is 24.0 Å². The molecule has 0 fully saturated rings. The number of carbonyl (C=O) groups is 1. The van der Waals surface area contributed by atoms with E-state index in [9.17, 15) is 4.79 Å². The van der Waals surface area contributed by atoms with Gasteiger partial charge in [0.05, 0.1) is 0 Å².